The van der Waals surface area contributed by atoms with Crippen molar-refractivity contribution in [2.24, 2.45) is 0 Å². The topological polar surface area (TPSA) is 235 Å². The molecule has 7 amide bonds. The summed E-state index contributed by atoms with van der Waals surface area (Å²) in [5.74, 6) is -5.34. The van der Waals surface area contributed by atoms with Crippen LogP contribution in [-0.2, 0) is 59.2 Å². The molecule has 2 fully saturated rings. The first-order valence-electron chi connectivity index (χ1n) is 20.8. The Kier molecular flexibility index (Phi) is 12.6. The molecule has 16 heteroatoms. The number of amides is 7. The molecule has 322 valence electrons. The van der Waals surface area contributed by atoms with Crippen LogP contribution < -0.4 is 37.2 Å². The number of hydrogen-bond acceptors (Lipinski definition) is 7. The second-order valence-corrected chi connectivity index (χ2v) is 15.9. The number of fused-ring (bicyclic) bond motifs is 7. The molecule has 0 saturated carbocycles. The molecule has 0 spiro atoms. The number of carbonyl (C=O) groups is 7. The van der Waals surface area contributed by atoms with Gasteiger partial charge in [-0.2, -0.15) is 0 Å². The summed E-state index contributed by atoms with van der Waals surface area (Å²) in [5.41, 5.74) is 4.34. The van der Waals surface area contributed by atoms with Gasteiger partial charge in [0.15, 0.2) is 0 Å². The molecule has 2 saturated heterocycles. The number of nitrogens with one attached hydrogen (secondary N) is 9. The minimum absolute atomic E-state index is 0.0000565. The Balaban J connectivity index is 1.19. The highest BCUT2D eigenvalue weighted by atomic mass is 16.2. The Hall–Kier alpha value is -7.75. The standard InChI is InChI=1S/C47H47N9O7/c57-41-23-39-46(62)53-37(21-29-24-48-33-17-9-7-15-31(29)33)44(60)52-36(20-28-13-5-2-6-14-28)43(59)56-40(26-50-41)47(63)54-38(22-30-25-49-34-18-10-8-16-32(30)34)45(61)51-35(42(58)55-39)19-27-11-3-1-4-12-27/h1-18,24-25,35-40,48-49H,19-23,26H2,(H,50,57)(H,51,61)(H,52,60)(H,53,62)(H,54,63)(H,55,58)(H,56,59)/t35-,36-,37-,38-,39-,40-/m0/s1. The fourth-order valence-corrected chi connectivity index (χ4v) is 8.10. The van der Waals surface area contributed by atoms with Gasteiger partial charge in [-0.15, -0.1) is 0 Å². The van der Waals surface area contributed by atoms with Gasteiger partial charge in [-0.1, -0.05) is 97.1 Å². The zero-order chi connectivity index (χ0) is 43.9. The number of carbonyl (C=O) groups excluding carboxylic acids is 7. The normalized spacial score (nSPS) is 22.9. The summed E-state index contributed by atoms with van der Waals surface area (Å²) in [5, 5.41) is 20.9. The quantitative estimate of drug-likeness (QED) is 0.109. The summed E-state index contributed by atoms with van der Waals surface area (Å²) >= 11 is 0. The van der Waals surface area contributed by atoms with Gasteiger partial charge in [0.05, 0.1) is 6.42 Å². The van der Waals surface area contributed by atoms with Crippen LogP contribution in [0.3, 0.4) is 0 Å². The van der Waals surface area contributed by atoms with Crippen LogP contribution in [0.4, 0.5) is 0 Å². The molecule has 9 N–H and O–H groups in total. The predicted octanol–water partition coefficient (Wildman–Crippen LogP) is 1.36. The summed E-state index contributed by atoms with van der Waals surface area (Å²) in [6.07, 6.45) is 2.77. The zero-order valence-corrected chi connectivity index (χ0v) is 34.1. The van der Waals surface area contributed by atoms with Crippen molar-refractivity contribution in [2.75, 3.05) is 6.54 Å². The summed E-state index contributed by atoms with van der Waals surface area (Å²) in [6.45, 7) is -0.452. The van der Waals surface area contributed by atoms with Gasteiger partial charge in [0, 0.05) is 66.4 Å². The molecule has 16 nitrogen and oxygen atoms in total. The fourth-order valence-electron chi connectivity index (χ4n) is 8.10. The van der Waals surface area contributed by atoms with Gasteiger partial charge in [0.25, 0.3) is 0 Å². The second-order valence-electron chi connectivity index (χ2n) is 15.9. The van der Waals surface area contributed by atoms with Gasteiger partial charge in [-0.05, 0) is 34.4 Å². The lowest BCUT2D eigenvalue weighted by molar-refractivity contribution is -0.138. The fraction of sp³-hybridized carbons (Fsp3) is 0.255. The molecular weight excluding hydrogens is 803 g/mol. The van der Waals surface area contributed by atoms with E-state index in [0.29, 0.717) is 22.3 Å². The summed E-state index contributed by atoms with van der Waals surface area (Å²) in [4.78, 5) is 107. The lowest BCUT2D eigenvalue weighted by Crippen LogP contribution is -2.64. The molecule has 0 radical (unpaired) electrons. The predicted molar refractivity (Wildman–Crippen MR) is 234 cm³/mol. The first kappa shape index (κ1) is 42.0. The number of aromatic nitrogens is 2. The molecule has 0 aliphatic carbocycles. The van der Waals surface area contributed by atoms with Crippen LogP contribution in [-0.4, -0.2) is 94.1 Å². The minimum Gasteiger partial charge on any atom is -0.361 e. The van der Waals surface area contributed by atoms with Crippen molar-refractivity contribution in [2.45, 2.75) is 68.4 Å². The number of aromatic amines is 2. The van der Waals surface area contributed by atoms with Crippen LogP contribution >= 0.6 is 0 Å². The average molecular weight is 850 g/mol. The average Bonchev–Trinajstić information content (AvgIpc) is 3.90. The van der Waals surface area contributed by atoms with E-state index in [0.717, 1.165) is 21.8 Å². The lowest BCUT2D eigenvalue weighted by Gasteiger charge is -2.30. The molecule has 63 heavy (non-hydrogen) atoms. The van der Waals surface area contributed by atoms with Crippen LogP contribution in [0.5, 0.6) is 0 Å². The molecule has 2 aliphatic heterocycles. The van der Waals surface area contributed by atoms with Gasteiger partial charge < -0.3 is 47.2 Å². The van der Waals surface area contributed by atoms with E-state index in [1.54, 1.807) is 67.0 Å². The van der Waals surface area contributed by atoms with Crippen molar-refractivity contribution in [1.29, 1.82) is 0 Å². The SMILES string of the molecule is O=C1C[C@@H]2NC(=O)[C@H](Cc3ccccc3)NC(=O)[C@H](Cc3c[nH]c4ccccc34)NC(=O)[C@H](CN1)NC(=O)[C@H](Cc1ccccc1)NC(=O)[C@H](Cc1c[nH]c3ccccc13)NC2=O. The molecule has 2 aromatic heterocycles. The molecule has 4 heterocycles. The molecule has 6 aromatic rings. The van der Waals surface area contributed by atoms with Gasteiger partial charge in [0.2, 0.25) is 41.4 Å². The first-order chi connectivity index (χ1) is 30.6. The highest BCUT2D eigenvalue weighted by Gasteiger charge is 2.37. The molecule has 0 unspecified atom stereocenters. The highest BCUT2D eigenvalue weighted by Crippen LogP contribution is 2.21. The number of benzene rings is 4. The Bertz CT molecular complexity index is 2660. The largest absolute Gasteiger partial charge is 0.361 e. The lowest BCUT2D eigenvalue weighted by atomic mass is 9.99. The third-order valence-corrected chi connectivity index (χ3v) is 11.5. The molecular formula is C47H47N9O7. The molecule has 8 rings (SSSR count). The number of para-hydroxylation sites is 2. The van der Waals surface area contributed by atoms with E-state index in [1.807, 2.05) is 54.6 Å². The third kappa shape index (κ3) is 10.1. The van der Waals surface area contributed by atoms with Gasteiger partial charge >= 0.3 is 0 Å². The summed E-state index contributed by atoms with van der Waals surface area (Å²) in [7, 11) is 0. The van der Waals surface area contributed by atoms with Crippen LogP contribution in [0, 0.1) is 0 Å². The van der Waals surface area contributed by atoms with Crippen molar-refractivity contribution < 1.29 is 33.6 Å². The van der Waals surface area contributed by atoms with E-state index in [1.165, 1.54) is 0 Å². The van der Waals surface area contributed by atoms with Crippen molar-refractivity contribution in [3.63, 3.8) is 0 Å². The zero-order valence-electron chi connectivity index (χ0n) is 34.1. The van der Waals surface area contributed by atoms with Crippen molar-refractivity contribution in [1.82, 2.24) is 47.2 Å². The Morgan fingerprint density at radius 2 is 0.778 bits per heavy atom. The number of hydrogen-bond donors (Lipinski definition) is 9. The monoisotopic (exact) mass is 849 g/mol. The van der Waals surface area contributed by atoms with Gasteiger partial charge in [-0.25, -0.2) is 0 Å². The Morgan fingerprint density at radius 1 is 0.397 bits per heavy atom. The molecule has 6 atom stereocenters. The summed E-state index contributed by atoms with van der Waals surface area (Å²) < 4.78 is 0. The van der Waals surface area contributed by atoms with Crippen LogP contribution in [0.2, 0.25) is 0 Å². The molecule has 4 aromatic carbocycles. The van der Waals surface area contributed by atoms with E-state index in [9.17, 15) is 33.6 Å². The maximum atomic E-state index is 14.5. The first-order valence-corrected chi connectivity index (χ1v) is 20.8. The van der Waals surface area contributed by atoms with E-state index >= 15 is 0 Å². The van der Waals surface area contributed by atoms with Crippen molar-refractivity contribution >= 4 is 63.2 Å². The minimum atomic E-state index is -1.54. The molecule has 2 aliphatic rings. The van der Waals surface area contributed by atoms with Crippen LogP contribution in [0.15, 0.2) is 122 Å². The van der Waals surface area contributed by atoms with E-state index in [-0.39, 0.29) is 25.7 Å². The van der Waals surface area contributed by atoms with Gasteiger partial charge in [0.1, 0.15) is 36.3 Å². The van der Waals surface area contributed by atoms with E-state index in [4.69, 9.17) is 0 Å². The maximum absolute atomic E-state index is 14.5. The second kappa shape index (κ2) is 18.9. The van der Waals surface area contributed by atoms with E-state index < -0.39 is 90.6 Å². The van der Waals surface area contributed by atoms with E-state index in [2.05, 4.69) is 47.2 Å². The van der Waals surface area contributed by atoms with Crippen molar-refractivity contribution in [3.8, 4) is 0 Å². The molecule has 2 bridgehead atoms. The summed E-state index contributed by atoms with van der Waals surface area (Å²) in [6, 6.07) is 24.6. The van der Waals surface area contributed by atoms with Crippen LogP contribution in [0.25, 0.3) is 21.8 Å². The third-order valence-electron chi connectivity index (χ3n) is 11.5. The highest BCUT2D eigenvalue weighted by molar-refractivity contribution is 6.00. The number of H-pyrrole nitrogens is 2. The van der Waals surface area contributed by atoms with Crippen LogP contribution in [0.1, 0.15) is 28.7 Å². The number of rotatable bonds is 8. The Morgan fingerprint density at radius 3 is 1.27 bits per heavy atom. The Labute approximate surface area is 361 Å². The van der Waals surface area contributed by atoms with Gasteiger partial charge in [-0.3, -0.25) is 33.6 Å². The maximum Gasteiger partial charge on any atom is 0.245 e. The smallest absolute Gasteiger partial charge is 0.245 e. The van der Waals surface area contributed by atoms with Crippen molar-refractivity contribution in [3.05, 3.63) is 144 Å².